The van der Waals surface area contributed by atoms with Crippen LogP contribution in [0.25, 0.3) is 16.6 Å². The number of amides is 2. The van der Waals surface area contributed by atoms with Gasteiger partial charge in [0.15, 0.2) is 5.69 Å². The molecule has 2 amide bonds. The van der Waals surface area contributed by atoms with Crippen LogP contribution in [0.5, 0.6) is 5.75 Å². The summed E-state index contributed by atoms with van der Waals surface area (Å²) in [6.07, 6.45) is 10.4. The topological polar surface area (TPSA) is 114 Å². The fraction of sp³-hybridized carbons (Fsp3) is 0.423. The van der Waals surface area contributed by atoms with Gasteiger partial charge in [-0.2, -0.15) is 5.10 Å². The minimum Gasteiger partial charge on any atom is -0.492 e. The molecule has 3 N–H and O–H groups in total. The summed E-state index contributed by atoms with van der Waals surface area (Å²) >= 11 is 0. The molecule has 0 bridgehead atoms. The highest BCUT2D eigenvalue weighted by molar-refractivity contribution is 6.05. The van der Waals surface area contributed by atoms with Crippen LogP contribution in [0.15, 0.2) is 48.1 Å². The van der Waals surface area contributed by atoms with Gasteiger partial charge in [-0.15, -0.1) is 0 Å². The molecule has 35 heavy (non-hydrogen) atoms. The van der Waals surface area contributed by atoms with Gasteiger partial charge < -0.3 is 20.5 Å². The normalized spacial score (nSPS) is 23.7. The van der Waals surface area contributed by atoms with E-state index in [-0.39, 0.29) is 18.0 Å². The third kappa shape index (κ3) is 4.61. The number of likely N-dealkylation sites (tertiary alicyclic amines) is 2. The highest BCUT2D eigenvalue weighted by Crippen LogP contribution is 2.31. The van der Waals surface area contributed by atoms with Gasteiger partial charge in [0.25, 0.3) is 11.8 Å². The van der Waals surface area contributed by atoms with Crippen molar-refractivity contribution in [2.45, 2.75) is 31.3 Å². The summed E-state index contributed by atoms with van der Waals surface area (Å²) in [5.74, 6) is -0.168. The number of hydrogen-bond acceptors (Lipinski definition) is 6. The maximum absolute atomic E-state index is 12.3. The van der Waals surface area contributed by atoms with E-state index in [0.717, 1.165) is 36.4 Å². The van der Waals surface area contributed by atoms with Crippen LogP contribution >= 0.6 is 0 Å². The van der Waals surface area contributed by atoms with Crippen LogP contribution in [-0.4, -0.2) is 81.9 Å². The first kappa shape index (κ1) is 23.3. The van der Waals surface area contributed by atoms with Crippen molar-refractivity contribution in [1.82, 2.24) is 19.6 Å². The summed E-state index contributed by atoms with van der Waals surface area (Å²) in [4.78, 5) is 28.3. The molecule has 2 saturated heterocycles. The standard InChI is InChI=1S/C26H31N5O4/c1-29-13-10-26(34,25(29)33)9-8-18-4-2-5-19(16-18)31-22-7-6-20(35-15-14-30-11-3-12-30)17-21(22)23(28-31)24(27)32/h2,5-8,16-17,34H,3-4,9-15H2,1H3,(H2,27,32). The number of fused-ring (bicyclic) bond motifs is 1. The number of hydrogen-bond donors (Lipinski definition) is 2. The third-order valence-electron chi connectivity index (χ3n) is 7.04. The first-order chi connectivity index (χ1) is 16.8. The second-order valence-electron chi connectivity index (χ2n) is 9.51. The van der Waals surface area contributed by atoms with Gasteiger partial charge in [0.1, 0.15) is 18.0 Å². The quantitative estimate of drug-likeness (QED) is 0.601. The maximum atomic E-state index is 12.3. The Kier molecular flexibility index (Phi) is 6.21. The van der Waals surface area contributed by atoms with E-state index in [2.05, 4.69) is 10.00 Å². The summed E-state index contributed by atoms with van der Waals surface area (Å²) in [6, 6.07) is 5.58. The number of aliphatic hydroxyl groups is 1. The number of carbonyl (C=O) groups excluding carboxylic acids is 2. The van der Waals surface area contributed by atoms with Gasteiger partial charge in [0.05, 0.1) is 11.2 Å². The van der Waals surface area contributed by atoms with Crippen LogP contribution in [0.1, 0.15) is 36.2 Å². The lowest BCUT2D eigenvalue weighted by Crippen LogP contribution is -2.39. The number of benzene rings is 1. The molecule has 1 atom stereocenters. The van der Waals surface area contributed by atoms with Gasteiger partial charge in [-0.05, 0) is 61.9 Å². The molecule has 0 spiro atoms. The number of ether oxygens (including phenoxy) is 1. The van der Waals surface area contributed by atoms with Crippen LogP contribution in [-0.2, 0) is 4.79 Å². The van der Waals surface area contributed by atoms with Crippen LogP contribution < -0.4 is 10.5 Å². The molecule has 3 heterocycles. The second kappa shape index (κ2) is 9.31. The molecule has 1 unspecified atom stereocenters. The lowest BCUT2D eigenvalue weighted by molar-refractivity contribution is -0.141. The first-order valence-electron chi connectivity index (χ1n) is 12.1. The molecular formula is C26H31N5O4. The monoisotopic (exact) mass is 477 g/mol. The molecule has 5 rings (SSSR count). The van der Waals surface area contributed by atoms with Crippen molar-refractivity contribution in [3.8, 4) is 5.75 Å². The van der Waals surface area contributed by atoms with Gasteiger partial charge in [-0.1, -0.05) is 12.2 Å². The van der Waals surface area contributed by atoms with Crippen LogP contribution in [0.2, 0.25) is 0 Å². The lowest BCUT2D eigenvalue weighted by atomic mass is 9.94. The van der Waals surface area contributed by atoms with Crippen molar-refractivity contribution >= 4 is 28.4 Å². The Hall–Kier alpha value is -3.43. The number of primary amides is 1. The molecule has 0 radical (unpaired) electrons. The van der Waals surface area contributed by atoms with E-state index in [0.29, 0.717) is 37.1 Å². The van der Waals surface area contributed by atoms with Crippen molar-refractivity contribution in [2.75, 3.05) is 39.8 Å². The average Bonchev–Trinajstić information content (AvgIpc) is 3.33. The Morgan fingerprint density at radius 1 is 1.31 bits per heavy atom. The zero-order valence-electron chi connectivity index (χ0n) is 19.9. The summed E-state index contributed by atoms with van der Waals surface area (Å²) in [5.41, 5.74) is 6.97. The van der Waals surface area contributed by atoms with E-state index in [1.807, 2.05) is 42.5 Å². The average molecular weight is 478 g/mol. The molecule has 9 heteroatoms. The summed E-state index contributed by atoms with van der Waals surface area (Å²) in [7, 11) is 1.71. The summed E-state index contributed by atoms with van der Waals surface area (Å²) in [6.45, 7) is 4.25. The van der Waals surface area contributed by atoms with Gasteiger partial charge in [-0.25, -0.2) is 4.68 Å². The molecule has 1 aliphatic carbocycles. The zero-order valence-corrected chi connectivity index (χ0v) is 19.9. The number of rotatable bonds is 8. The van der Waals surface area contributed by atoms with Crippen LogP contribution in [0.4, 0.5) is 0 Å². The predicted octanol–water partition coefficient (Wildman–Crippen LogP) is 1.93. The molecule has 0 saturated carbocycles. The number of aromatic nitrogens is 2. The van der Waals surface area contributed by atoms with Gasteiger partial charge in [0, 0.05) is 38.4 Å². The molecule has 1 aromatic carbocycles. The molecule has 9 nitrogen and oxygen atoms in total. The Labute approximate surface area is 204 Å². The van der Waals surface area contributed by atoms with E-state index in [9.17, 15) is 14.7 Å². The third-order valence-corrected chi connectivity index (χ3v) is 7.04. The molecular weight excluding hydrogens is 446 g/mol. The molecule has 1 aromatic heterocycles. The lowest BCUT2D eigenvalue weighted by Gasteiger charge is -2.30. The number of allylic oxidation sites excluding steroid dienone is 5. The molecule has 3 aliphatic rings. The van der Waals surface area contributed by atoms with E-state index >= 15 is 0 Å². The molecule has 2 aromatic rings. The summed E-state index contributed by atoms with van der Waals surface area (Å²) < 4.78 is 7.61. The molecule has 184 valence electrons. The van der Waals surface area contributed by atoms with Gasteiger partial charge >= 0.3 is 0 Å². The van der Waals surface area contributed by atoms with Gasteiger partial charge in [0.2, 0.25) is 0 Å². The first-order valence-corrected chi connectivity index (χ1v) is 12.1. The van der Waals surface area contributed by atoms with E-state index < -0.39 is 11.5 Å². The highest BCUT2D eigenvalue weighted by atomic mass is 16.5. The van der Waals surface area contributed by atoms with Crippen LogP contribution in [0, 0.1) is 0 Å². The number of nitrogens with two attached hydrogens (primary N) is 1. The highest BCUT2D eigenvalue weighted by Gasteiger charge is 2.42. The summed E-state index contributed by atoms with van der Waals surface area (Å²) in [5, 5.41) is 15.9. The van der Waals surface area contributed by atoms with E-state index in [4.69, 9.17) is 10.5 Å². The Morgan fingerprint density at radius 3 is 2.83 bits per heavy atom. The Morgan fingerprint density at radius 2 is 2.14 bits per heavy atom. The second-order valence-corrected chi connectivity index (χ2v) is 9.51. The largest absolute Gasteiger partial charge is 0.492 e. The zero-order chi connectivity index (χ0) is 24.6. The van der Waals surface area contributed by atoms with E-state index in [1.165, 1.54) is 6.42 Å². The van der Waals surface area contributed by atoms with Crippen molar-refractivity contribution in [3.63, 3.8) is 0 Å². The van der Waals surface area contributed by atoms with E-state index in [1.54, 1.807) is 16.6 Å². The molecule has 2 fully saturated rings. The minimum absolute atomic E-state index is 0.187. The number of likely N-dealkylation sites (N-methyl/N-ethyl adjacent to an activating group) is 1. The number of carbonyl (C=O) groups is 2. The number of nitrogens with zero attached hydrogens (tertiary/aromatic N) is 4. The van der Waals surface area contributed by atoms with Crippen LogP contribution in [0.3, 0.4) is 0 Å². The van der Waals surface area contributed by atoms with Crippen molar-refractivity contribution in [1.29, 1.82) is 0 Å². The maximum Gasteiger partial charge on any atom is 0.269 e. The van der Waals surface area contributed by atoms with Crippen molar-refractivity contribution < 1.29 is 19.4 Å². The SMILES string of the molecule is CN1CCC(O)(CC=C2C=C(n3nc(C(N)=O)c4cc(OCCN5CCC5)ccc43)C=CC2)C1=O. The Bertz CT molecular complexity index is 1260. The molecule has 2 aliphatic heterocycles. The van der Waals surface area contributed by atoms with Gasteiger partial charge in [-0.3, -0.25) is 14.5 Å². The van der Waals surface area contributed by atoms with Crippen molar-refractivity contribution in [2.24, 2.45) is 5.73 Å². The van der Waals surface area contributed by atoms with Crippen molar-refractivity contribution in [3.05, 3.63) is 53.8 Å². The minimum atomic E-state index is -1.35. The Balaban J connectivity index is 1.39. The fourth-order valence-electron chi connectivity index (χ4n) is 4.76. The fourth-order valence-corrected chi connectivity index (χ4v) is 4.76. The predicted molar refractivity (Wildman–Crippen MR) is 133 cm³/mol. The smallest absolute Gasteiger partial charge is 0.269 e.